The van der Waals surface area contributed by atoms with Crippen LogP contribution in [0.5, 0.6) is 0 Å². The van der Waals surface area contributed by atoms with E-state index < -0.39 is 0 Å². The molecular weight excluding hydrogens is 268 g/mol. The molecule has 0 atom stereocenters. The molecule has 0 unspecified atom stereocenters. The fourth-order valence-corrected chi connectivity index (χ4v) is 2.32. The van der Waals surface area contributed by atoms with Gasteiger partial charge in [-0.15, -0.1) is 5.10 Å². The first-order chi connectivity index (χ1) is 9.92. The SMILES string of the molecule is c1ccc(NNCc2ccc(-c3csnn3)cc2)cc1. The number of para-hydroxylation sites is 1. The van der Waals surface area contributed by atoms with Crippen molar-refractivity contribution in [2.75, 3.05) is 5.43 Å². The number of aromatic nitrogens is 2. The van der Waals surface area contributed by atoms with E-state index >= 15 is 0 Å². The second kappa shape index (κ2) is 6.27. The molecule has 0 spiro atoms. The Balaban J connectivity index is 1.56. The Bertz CT molecular complexity index is 635. The Kier molecular flexibility index (Phi) is 4.01. The summed E-state index contributed by atoms with van der Waals surface area (Å²) in [5.41, 5.74) is 10.6. The minimum absolute atomic E-state index is 0.754. The number of anilines is 1. The summed E-state index contributed by atoms with van der Waals surface area (Å²) in [7, 11) is 0. The number of benzene rings is 2. The topological polar surface area (TPSA) is 49.8 Å². The highest BCUT2D eigenvalue weighted by molar-refractivity contribution is 7.03. The van der Waals surface area contributed by atoms with Gasteiger partial charge in [-0.05, 0) is 29.2 Å². The number of hydrogen-bond donors (Lipinski definition) is 2. The van der Waals surface area contributed by atoms with E-state index in [1.54, 1.807) is 0 Å². The van der Waals surface area contributed by atoms with E-state index in [9.17, 15) is 0 Å². The predicted molar refractivity (Wildman–Crippen MR) is 82.2 cm³/mol. The molecule has 0 fully saturated rings. The van der Waals surface area contributed by atoms with Crippen molar-refractivity contribution in [3.05, 3.63) is 65.5 Å². The molecule has 1 heterocycles. The Morgan fingerprint density at radius 2 is 1.75 bits per heavy atom. The van der Waals surface area contributed by atoms with Crippen molar-refractivity contribution in [1.82, 2.24) is 15.0 Å². The number of hydrazine groups is 1. The third kappa shape index (κ3) is 3.20. The zero-order valence-electron chi connectivity index (χ0n) is 10.8. The summed E-state index contributed by atoms with van der Waals surface area (Å²) in [6.45, 7) is 0.754. The fraction of sp³-hybridized carbons (Fsp3) is 0.0667. The van der Waals surface area contributed by atoms with E-state index in [1.807, 2.05) is 35.7 Å². The van der Waals surface area contributed by atoms with Gasteiger partial charge in [-0.3, -0.25) is 0 Å². The molecule has 4 nitrogen and oxygen atoms in total. The van der Waals surface area contributed by atoms with E-state index in [2.05, 4.69) is 44.7 Å². The summed E-state index contributed by atoms with van der Waals surface area (Å²) in [5.74, 6) is 0. The third-order valence-electron chi connectivity index (χ3n) is 2.91. The van der Waals surface area contributed by atoms with Crippen molar-refractivity contribution < 1.29 is 0 Å². The highest BCUT2D eigenvalue weighted by Gasteiger charge is 2.00. The summed E-state index contributed by atoms with van der Waals surface area (Å²) in [6.07, 6.45) is 0. The van der Waals surface area contributed by atoms with Gasteiger partial charge in [0.05, 0.1) is 0 Å². The molecule has 100 valence electrons. The predicted octanol–water partition coefficient (Wildman–Crippen LogP) is 3.32. The second-order valence-electron chi connectivity index (χ2n) is 4.33. The van der Waals surface area contributed by atoms with Crippen LogP contribution in [0.3, 0.4) is 0 Å². The first-order valence-electron chi connectivity index (χ1n) is 6.32. The van der Waals surface area contributed by atoms with Crippen molar-refractivity contribution in [2.45, 2.75) is 6.54 Å². The van der Waals surface area contributed by atoms with Crippen molar-refractivity contribution in [3.8, 4) is 11.3 Å². The first-order valence-corrected chi connectivity index (χ1v) is 7.16. The summed E-state index contributed by atoms with van der Waals surface area (Å²) < 4.78 is 3.87. The minimum atomic E-state index is 0.754. The van der Waals surface area contributed by atoms with Crippen molar-refractivity contribution >= 4 is 17.2 Å². The Labute approximate surface area is 121 Å². The van der Waals surface area contributed by atoms with Gasteiger partial charge in [-0.1, -0.05) is 47.0 Å². The van der Waals surface area contributed by atoms with E-state index in [0.29, 0.717) is 0 Å². The molecule has 0 bridgehead atoms. The number of hydrogen-bond acceptors (Lipinski definition) is 5. The van der Waals surface area contributed by atoms with Crippen LogP contribution >= 0.6 is 11.5 Å². The van der Waals surface area contributed by atoms with E-state index in [4.69, 9.17) is 0 Å². The summed E-state index contributed by atoms with van der Waals surface area (Å²) in [5, 5.41) is 6.01. The Morgan fingerprint density at radius 3 is 2.45 bits per heavy atom. The highest BCUT2D eigenvalue weighted by atomic mass is 32.1. The molecule has 1 aromatic heterocycles. The fourth-order valence-electron chi connectivity index (χ4n) is 1.85. The molecule has 3 aromatic rings. The van der Waals surface area contributed by atoms with Gasteiger partial charge in [0.1, 0.15) is 5.69 Å². The normalized spacial score (nSPS) is 10.4. The quantitative estimate of drug-likeness (QED) is 0.705. The lowest BCUT2D eigenvalue weighted by molar-refractivity contribution is 0.801. The highest BCUT2D eigenvalue weighted by Crippen LogP contribution is 2.18. The van der Waals surface area contributed by atoms with Crippen LogP contribution in [0.1, 0.15) is 5.56 Å². The summed E-state index contributed by atoms with van der Waals surface area (Å²) in [4.78, 5) is 0. The lowest BCUT2D eigenvalue weighted by Crippen LogP contribution is -2.20. The molecule has 0 aliphatic rings. The van der Waals surface area contributed by atoms with Crippen LogP contribution in [0.25, 0.3) is 11.3 Å². The van der Waals surface area contributed by atoms with Crippen LogP contribution in [0, 0.1) is 0 Å². The summed E-state index contributed by atoms with van der Waals surface area (Å²) in [6, 6.07) is 18.4. The zero-order chi connectivity index (χ0) is 13.6. The van der Waals surface area contributed by atoms with Crippen LogP contribution in [-0.4, -0.2) is 9.59 Å². The van der Waals surface area contributed by atoms with Gasteiger partial charge in [-0.2, -0.15) is 0 Å². The van der Waals surface area contributed by atoms with Crippen LogP contribution < -0.4 is 10.9 Å². The minimum Gasteiger partial charge on any atom is -0.321 e. The van der Waals surface area contributed by atoms with Crippen LogP contribution in [-0.2, 0) is 6.54 Å². The number of rotatable bonds is 5. The second-order valence-corrected chi connectivity index (χ2v) is 4.94. The van der Waals surface area contributed by atoms with Gasteiger partial charge < -0.3 is 5.43 Å². The van der Waals surface area contributed by atoms with Gasteiger partial charge in [0.2, 0.25) is 0 Å². The van der Waals surface area contributed by atoms with E-state index in [1.165, 1.54) is 17.1 Å². The van der Waals surface area contributed by atoms with Crippen molar-refractivity contribution in [1.29, 1.82) is 0 Å². The zero-order valence-corrected chi connectivity index (χ0v) is 11.6. The maximum Gasteiger partial charge on any atom is 0.105 e. The summed E-state index contributed by atoms with van der Waals surface area (Å²) >= 11 is 1.37. The molecule has 2 N–H and O–H groups in total. The Morgan fingerprint density at radius 1 is 0.950 bits per heavy atom. The van der Waals surface area contributed by atoms with Crippen LogP contribution in [0.2, 0.25) is 0 Å². The first kappa shape index (κ1) is 12.8. The van der Waals surface area contributed by atoms with Gasteiger partial charge in [0.15, 0.2) is 0 Å². The molecule has 2 aromatic carbocycles. The van der Waals surface area contributed by atoms with Gasteiger partial charge >= 0.3 is 0 Å². The Hall–Kier alpha value is -2.24. The molecule has 0 amide bonds. The van der Waals surface area contributed by atoms with Gasteiger partial charge in [-0.25, -0.2) is 5.43 Å². The van der Waals surface area contributed by atoms with Gasteiger partial charge in [0, 0.05) is 23.2 Å². The maximum atomic E-state index is 4.06. The molecular formula is C15H14N4S. The molecule has 0 saturated carbocycles. The lowest BCUT2D eigenvalue weighted by atomic mass is 10.1. The van der Waals surface area contributed by atoms with Crippen molar-refractivity contribution in [2.24, 2.45) is 0 Å². The number of nitrogens with one attached hydrogen (secondary N) is 2. The molecule has 0 aliphatic heterocycles. The van der Waals surface area contributed by atoms with Crippen LogP contribution in [0.4, 0.5) is 5.69 Å². The largest absolute Gasteiger partial charge is 0.321 e. The van der Waals surface area contributed by atoms with Crippen molar-refractivity contribution in [3.63, 3.8) is 0 Å². The van der Waals surface area contributed by atoms with Gasteiger partial charge in [0.25, 0.3) is 0 Å². The smallest absolute Gasteiger partial charge is 0.105 e. The van der Waals surface area contributed by atoms with E-state index in [-0.39, 0.29) is 0 Å². The molecule has 0 aliphatic carbocycles. The van der Waals surface area contributed by atoms with E-state index in [0.717, 1.165) is 23.5 Å². The van der Waals surface area contributed by atoms with Crippen LogP contribution in [0.15, 0.2) is 60.0 Å². The molecule has 3 rings (SSSR count). The molecule has 20 heavy (non-hydrogen) atoms. The standard InChI is InChI=1S/C15H14N4S/c1-2-4-14(5-3-1)17-16-10-12-6-8-13(9-7-12)15-11-20-19-18-15/h1-9,11,16-17H,10H2. The molecule has 0 saturated heterocycles. The maximum absolute atomic E-state index is 4.06. The average Bonchev–Trinajstić information content (AvgIpc) is 3.03. The average molecular weight is 282 g/mol. The number of nitrogens with zero attached hydrogens (tertiary/aromatic N) is 2. The lowest BCUT2D eigenvalue weighted by Gasteiger charge is -2.08. The molecule has 5 heteroatoms. The monoisotopic (exact) mass is 282 g/mol. The molecule has 0 radical (unpaired) electrons. The third-order valence-corrected chi connectivity index (χ3v) is 3.41.